The van der Waals surface area contributed by atoms with E-state index in [0.717, 1.165) is 30.9 Å². The van der Waals surface area contributed by atoms with Crippen molar-refractivity contribution in [1.82, 2.24) is 10.3 Å². The predicted octanol–water partition coefficient (Wildman–Crippen LogP) is 1.64. The highest BCUT2D eigenvalue weighted by atomic mass is 16.3. The number of aryl methyl sites for hydroxylation is 1. The number of hydrogen-bond acceptors (Lipinski definition) is 3. The second kappa shape index (κ2) is 5.24. The molecule has 0 bridgehead atoms. The van der Waals surface area contributed by atoms with Crippen LogP contribution in [0.3, 0.4) is 0 Å². The molecule has 1 aromatic heterocycles. The minimum Gasteiger partial charge on any atom is -0.390 e. The average molecular weight is 208 g/mol. The maximum atomic E-state index is 9.50. The minimum absolute atomic E-state index is 0.590. The Labute approximate surface area is 91.5 Å². The van der Waals surface area contributed by atoms with Crippen molar-refractivity contribution in [3.63, 3.8) is 0 Å². The van der Waals surface area contributed by atoms with Crippen molar-refractivity contribution in [3.8, 4) is 0 Å². The molecule has 0 atom stereocenters. The lowest BCUT2D eigenvalue weighted by atomic mass is 10.1. The highest BCUT2D eigenvalue weighted by Crippen LogP contribution is 2.05. The van der Waals surface area contributed by atoms with Crippen LogP contribution in [0.2, 0.25) is 0 Å². The predicted molar refractivity (Wildman–Crippen MR) is 61.6 cm³/mol. The van der Waals surface area contributed by atoms with E-state index in [1.54, 1.807) is 0 Å². The highest BCUT2D eigenvalue weighted by Gasteiger charge is 2.10. The van der Waals surface area contributed by atoms with Crippen LogP contribution in [0, 0.1) is 6.92 Å². The summed E-state index contributed by atoms with van der Waals surface area (Å²) in [4.78, 5) is 4.38. The first kappa shape index (κ1) is 12.1. The fraction of sp³-hybridized carbons (Fsp3) is 0.583. The van der Waals surface area contributed by atoms with Gasteiger partial charge in [-0.1, -0.05) is 6.07 Å². The van der Waals surface area contributed by atoms with Crippen molar-refractivity contribution < 1.29 is 5.11 Å². The third-order valence-corrected chi connectivity index (χ3v) is 2.17. The lowest BCUT2D eigenvalue weighted by Gasteiger charge is -2.16. The lowest BCUT2D eigenvalue weighted by molar-refractivity contribution is 0.0711. The van der Waals surface area contributed by atoms with Gasteiger partial charge in [-0.05, 0) is 45.9 Å². The monoisotopic (exact) mass is 208 g/mol. The van der Waals surface area contributed by atoms with E-state index in [1.165, 1.54) is 0 Å². The number of nitrogens with zero attached hydrogens (tertiary/aromatic N) is 1. The molecule has 0 radical (unpaired) electrons. The summed E-state index contributed by atoms with van der Waals surface area (Å²) >= 11 is 0. The lowest BCUT2D eigenvalue weighted by Crippen LogP contribution is -2.26. The van der Waals surface area contributed by atoms with E-state index >= 15 is 0 Å². The molecule has 0 aliphatic rings. The molecule has 15 heavy (non-hydrogen) atoms. The van der Waals surface area contributed by atoms with Crippen LogP contribution in [0.5, 0.6) is 0 Å². The SMILES string of the molecule is Cc1cccc(CNCCC(C)(C)O)n1. The van der Waals surface area contributed by atoms with Crippen LogP contribution in [0.4, 0.5) is 0 Å². The second-order valence-corrected chi connectivity index (χ2v) is 4.51. The van der Waals surface area contributed by atoms with Crippen LogP contribution in [0.1, 0.15) is 31.7 Å². The molecule has 1 aromatic rings. The van der Waals surface area contributed by atoms with Gasteiger partial charge in [-0.15, -0.1) is 0 Å². The smallest absolute Gasteiger partial charge is 0.0603 e. The van der Waals surface area contributed by atoms with Gasteiger partial charge >= 0.3 is 0 Å². The van der Waals surface area contributed by atoms with E-state index in [9.17, 15) is 5.11 Å². The molecule has 0 aromatic carbocycles. The Balaban J connectivity index is 2.26. The summed E-state index contributed by atoms with van der Waals surface area (Å²) in [5, 5.41) is 12.8. The summed E-state index contributed by atoms with van der Waals surface area (Å²) in [6.07, 6.45) is 0.749. The standard InChI is InChI=1S/C12H20N2O/c1-10-5-4-6-11(14-10)9-13-8-7-12(2,3)15/h4-6,13,15H,7-9H2,1-3H3. The van der Waals surface area contributed by atoms with E-state index in [2.05, 4.69) is 10.3 Å². The molecule has 0 fully saturated rings. The number of aliphatic hydroxyl groups is 1. The van der Waals surface area contributed by atoms with Crippen LogP contribution in [0.15, 0.2) is 18.2 Å². The summed E-state index contributed by atoms with van der Waals surface area (Å²) in [6, 6.07) is 6.00. The molecule has 0 spiro atoms. The molecular formula is C12H20N2O. The number of aromatic nitrogens is 1. The molecule has 0 aliphatic carbocycles. The molecule has 0 saturated carbocycles. The van der Waals surface area contributed by atoms with Gasteiger partial charge < -0.3 is 10.4 Å². The number of nitrogens with one attached hydrogen (secondary N) is 1. The van der Waals surface area contributed by atoms with Gasteiger partial charge in [-0.25, -0.2) is 0 Å². The second-order valence-electron chi connectivity index (χ2n) is 4.51. The average Bonchev–Trinajstić information content (AvgIpc) is 2.11. The molecule has 3 nitrogen and oxygen atoms in total. The van der Waals surface area contributed by atoms with Gasteiger partial charge in [0.1, 0.15) is 0 Å². The molecule has 3 heteroatoms. The molecule has 0 unspecified atom stereocenters. The largest absolute Gasteiger partial charge is 0.390 e. The third-order valence-electron chi connectivity index (χ3n) is 2.17. The first-order valence-electron chi connectivity index (χ1n) is 5.33. The Kier molecular flexibility index (Phi) is 4.24. The Morgan fingerprint density at radius 3 is 2.73 bits per heavy atom. The summed E-state index contributed by atoms with van der Waals surface area (Å²) in [7, 11) is 0. The van der Waals surface area contributed by atoms with E-state index in [-0.39, 0.29) is 0 Å². The fourth-order valence-corrected chi connectivity index (χ4v) is 1.31. The van der Waals surface area contributed by atoms with Gasteiger partial charge in [0, 0.05) is 12.2 Å². The third kappa shape index (κ3) is 5.50. The van der Waals surface area contributed by atoms with Gasteiger partial charge in [0.2, 0.25) is 0 Å². The molecule has 0 amide bonds. The number of rotatable bonds is 5. The first-order valence-corrected chi connectivity index (χ1v) is 5.33. The number of hydrogen-bond donors (Lipinski definition) is 2. The van der Waals surface area contributed by atoms with Crippen molar-refractivity contribution in [1.29, 1.82) is 0 Å². The number of pyridine rings is 1. The van der Waals surface area contributed by atoms with E-state index in [0.29, 0.717) is 0 Å². The van der Waals surface area contributed by atoms with Gasteiger partial charge in [0.25, 0.3) is 0 Å². The van der Waals surface area contributed by atoms with E-state index in [4.69, 9.17) is 0 Å². The highest BCUT2D eigenvalue weighted by molar-refractivity contribution is 5.09. The maximum Gasteiger partial charge on any atom is 0.0603 e. The Hall–Kier alpha value is -0.930. The quantitative estimate of drug-likeness (QED) is 0.723. The van der Waals surface area contributed by atoms with Gasteiger partial charge in [0.15, 0.2) is 0 Å². The fourth-order valence-electron chi connectivity index (χ4n) is 1.31. The summed E-state index contributed by atoms with van der Waals surface area (Å²) < 4.78 is 0. The molecule has 84 valence electrons. The topological polar surface area (TPSA) is 45.1 Å². The van der Waals surface area contributed by atoms with Crippen LogP contribution < -0.4 is 5.32 Å². The Morgan fingerprint density at radius 2 is 2.13 bits per heavy atom. The van der Waals surface area contributed by atoms with Gasteiger partial charge in [0.05, 0.1) is 11.3 Å². The van der Waals surface area contributed by atoms with E-state index < -0.39 is 5.60 Å². The van der Waals surface area contributed by atoms with Crippen molar-refractivity contribution in [2.75, 3.05) is 6.54 Å². The zero-order chi connectivity index (χ0) is 11.3. The zero-order valence-electron chi connectivity index (χ0n) is 9.75. The van der Waals surface area contributed by atoms with Crippen molar-refractivity contribution in [3.05, 3.63) is 29.6 Å². The maximum absolute atomic E-state index is 9.50. The van der Waals surface area contributed by atoms with Crippen molar-refractivity contribution >= 4 is 0 Å². The van der Waals surface area contributed by atoms with Gasteiger partial charge in [-0.2, -0.15) is 0 Å². The van der Waals surface area contributed by atoms with Crippen LogP contribution >= 0.6 is 0 Å². The summed E-state index contributed by atoms with van der Waals surface area (Å²) in [5.74, 6) is 0. The van der Waals surface area contributed by atoms with Gasteiger partial charge in [-0.3, -0.25) is 4.98 Å². The Morgan fingerprint density at radius 1 is 1.40 bits per heavy atom. The molecular weight excluding hydrogens is 188 g/mol. The summed E-state index contributed by atoms with van der Waals surface area (Å²) in [5.41, 5.74) is 1.50. The van der Waals surface area contributed by atoms with Crippen LogP contribution in [-0.2, 0) is 6.54 Å². The van der Waals surface area contributed by atoms with Crippen LogP contribution in [-0.4, -0.2) is 22.2 Å². The minimum atomic E-state index is -0.590. The molecule has 2 N–H and O–H groups in total. The van der Waals surface area contributed by atoms with Crippen molar-refractivity contribution in [2.24, 2.45) is 0 Å². The normalized spacial score (nSPS) is 11.7. The molecule has 0 saturated heterocycles. The summed E-state index contributed by atoms with van der Waals surface area (Å²) in [6.45, 7) is 7.19. The van der Waals surface area contributed by atoms with E-state index in [1.807, 2.05) is 39.0 Å². The first-order chi connectivity index (χ1) is 6.97. The zero-order valence-corrected chi connectivity index (χ0v) is 9.75. The molecule has 0 aliphatic heterocycles. The van der Waals surface area contributed by atoms with Crippen LogP contribution in [0.25, 0.3) is 0 Å². The van der Waals surface area contributed by atoms with Crippen molar-refractivity contribution in [2.45, 2.75) is 39.3 Å². The molecule has 1 rings (SSSR count). The molecule has 1 heterocycles. The Bertz CT molecular complexity index is 305.